The Balaban J connectivity index is 1.44. The highest BCUT2D eigenvalue weighted by atomic mass is 16.5. The summed E-state index contributed by atoms with van der Waals surface area (Å²) >= 11 is 0. The van der Waals surface area contributed by atoms with Gasteiger partial charge >= 0.3 is 0 Å². The van der Waals surface area contributed by atoms with E-state index in [1.165, 1.54) is 0 Å². The van der Waals surface area contributed by atoms with E-state index < -0.39 is 0 Å². The van der Waals surface area contributed by atoms with E-state index in [1.807, 2.05) is 91.0 Å². The number of rotatable bonds is 5. The molecule has 1 heterocycles. The molecule has 4 rings (SSSR count). The first-order valence-corrected chi connectivity index (χ1v) is 8.81. The number of aromatic hydroxyl groups is 1. The minimum Gasteiger partial charge on any atom is -0.506 e. The first-order valence-electron chi connectivity index (χ1n) is 8.81. The van der Waals surface area contributed by atoms with Crippen molar-refractivity contribution < 1.29 is 9.84 Å². The summed E-state index contributed by atoms with van der Waals surface area (Å²) in [6.07, 6.45) is 3.93. The Morgan fingerprint density at radius 2 is 1.59 bits per heavy atom. The lowest BCUT2D eigenvalue weighted by atomic mass is 10.1. The summed E-state index contributed by atoms with van der Waals surface area (Å²) in [5.74, 6) is 1.03. The Morgan fingerprint density at radius 1 is 0.778 bits per heavy atom. The number of benzene rings is 3. The van der Waals surface area contributed by atoms with Crippen LogP contribution < -0.4 is 4.74 Å². The van der Waals surface area contributed by atoms with Crippen LogP contribution in [-0.2, 0) is 6.61 Å². The lowest BCUT2D eigenvalue weighted by Crippen LogP contribution is -1.94. The van der Waals surface area contributed by atoms with E-state index in [-0.39, 0.29) is 5.75 Å². The molecule has 3 aromatic carbocycles. The van der Waals surface area contributed by atoms with Crippen molar-refractivity contribution in [1.82, 2.24) is 4.98 Å². The van der Waals surface area contributed by atoms with Crippen molar-refractivity contribution in [2.24, 2.45) is 0 Å². The van der Waals surface area contributed by atoms with Crippen LogP contribution in [0.3, 0.4) is 0 Å². The Kier molecular flexibility index (Phi) is 4.84. The van der Waals surface area contributed by atoms with Crippen molar-refractivity contribution in [3.8, 4) is 11.5 Å². The second kappa shape index (κ2) is 7.75. The van der Waals surface area contributed by atoms with Gasteiger partial charge in [-0.2, -0.15) is 0 Å². The van der Waals surface area contributed by atoms with Crippen molar-refractivity contribution in [3.63, 3.8) is 0 Å². The van der Waals surface area contributed by atoms with Crippen LogP contribution in [0.15, 0.2) is 84.9 Å². The van der Waals surface area contributed by atoms with Crippen molar-refractivity contribution in [2.45, 2.75) is 6.61 Å². The molecule has 0 spiro atoms. The summed E-state index contributed by atoms with van der Waals surface area (Å²) in [6.45, 7) is 0.556. The molecule has 0 aliphatic heterocycles. The predicted molar refractivity (Wildman–Crippen MR) is 110 cm³/mol. The first kappa shape index (κ1) is 16.9. The Hall–Kier alpha value is -3.59. The second-order valence-corrected chi connectivity index (χ2v) is 6.26. The van der Waals surface area contributed by atoms with Crippen LogP contribution in [0.2, 0.25) is 0 Å². The van der Waals surface area contributed by atoms with Crippen molar-refractivity contribution in [2.75, 3.05) is 0 Å². The van der Waals surface area contributed by atoms with Gasteiger partial charge in [0, 0.05) is 5.39 Å². The van der Waals surface area contributed by atoms with Crippen LogP contribution >= 0.6 is 0 Å². The predicted octanol–water partition coefficient (Wildman–Crippen LogP) is 5.69. The molecule has 4 aromatic rings. The zero-order chi connectivity index (χ0) is 18.5. The van der Waals surface area contributed by atoms with Crippen LogP contribution in [-0.4, -0.2) is 10.1 Å². The quantitative estimate of drug-likeness (QED) is 0.501. The zero-order valence-electron chi connectivity index (χ0n) is 14.7. The number of phenols is 1. The number of phenolic OH excluding ortho intramolecular Hbond substituents is 1. The lowest BCUT2D eigenvalue weighted by Gasteiger charge is -2.06. The molecule has 0 saturated heterocycles. The van der Waals surface area contributed by atoms with Gasteiger partial charge in [0.25, 0.3) is 0 Å². The Labute approximate surface area is 158 Å². The minimum atomic E-state index is 0.197. The van der Waals surface area contributed by atoms with Gasteiger partial charge in [-0.25, -0.2) is 4.98 Å². The van der Waals surface area contributed by atoms with Crippen LogP contribution in [0.5, 0.6) is 11.5 Å². The molecule has 0 atom stereocenters. The van der Waals surface area contributed by atoms with Gasteiger partial charge < -0.3 is 9.84 Å². The summed E-state index contributed by atoms with van der Waals surface area (Å²) in [6, 6.07) is 27.3. The molecule has 0 amide bonds. The summed E-state index contributed by atoms with van der Waals surface area (Å²) in [7, 11) is 0. The molecule has 0 aliphatic carbocycles. The zero-order valence-corrected chi connectivity index (χ0v) is 14.7. The number of aromatic nitrogens is 1. The molecular formula is C24H19NO2. The average Bonchev–Trinajstić information content (AvgIpc) is 2.73. The Morgan fingerprint density at radius 3 is 2.41 bits per heavy atom. The van der Waals surface area contributed by atoms with E-state index in [1.54, 1.807) is 6.07 Å². The highest BCUT2D eigenvalue weighted by Gasteiger charge is 2.01. The third-order valence-corrected chi connectivity index (χ3v) is 4.30. The molecule has 0 fully saturated rings. The topological polar surface area (TPSA) is 42.4 Å². The molecule has 132 valence electrons. The van der Waals surface area contributed by atoms with Gasteiger partial charge in [-0.3, -0.25) is 0 Å². The van der Waals surface area contributed by atoms with Crippen LogP contribution in [0, 0.1) is 0 Å². The number of nitrogens with zero attached hydrogens (tertiary/aromatic N) is 1. The molecule has 27 heavy (non-hydrogen) atoms. The highest BCUT2D eigenvalue weighted by Crippen LogP contribution is 2.23. The van der Waals surface area contributed by atoms with Gasteiger partial charge in [0.1, 0.15) is 23.6 Å². The number of fused-ring (bicyclic) bond motifs is 1. The summed E-state index contributed by atoms with van der Waals surface area (Å²) < 4.78 is 5.81. The fourth-order valence-corrected chi connectivity index (χ4v) is 2.84. The first-order chi connectivity index (χ1) is 13.3. The molecule has 3 nitrogen and oxygen atoms in total. The van der Waals surface area contributed by atoms with Crippen molar-refractivity contribution in [1.29, 1.82) is 0 Å². The maximum Gasteiger partial charge on any atom is 0.141 e. The summed E-state index contributed by atoms with van der Waals surface area (Å²) in [4.78, 5) is 4.51. The molecule has 0 radical (unpaired) electrons. The van der Waals surface area contributed by atoms with Crippen molar-refractivity contribution >= 4 is 23.1 Å². The van der Waals surface area contributed by atoms with Gasteiger partial charge in [0.2, 0.25) is 0 Å². The molecule has 0 saturated carbocycles. The van der Waals surface area contributed by atoms with Gasteiger partial charge in [0.05, 0.1) is 5.69 Å². The largest absolute Gasteiger partial charge is 0.506 e. The maximum absolute atomic E-state index is 9.94. The third kappa shape index (κ3) is 4.15. The normalized spacial score (nSPS) is 11.1. The highest BCUT2D eigenvalue weighted by molar-refractivity contribution is 5.85. The van der Waals surface area contributed by atoms with E-state index in [0.29, 0.717) is 12.1 Å². The fourth-order valence-electron chi connectivity index (χ4n) is 2.84. The molecule has 3 heteroatoms. The van der Waals surface area contributed by atoms with Crippen LogP contribution in [0.25, 0.3) is 23.1 Å². The van der Waals surface area contributed by atoms with Gasteiger partial charge in [0.15, 0.2) is 0 Å². The van der Waals surface area contributed by atoms with E-state index in [4.69, 9.17) is 4.74 Å². The molecular weight excluding hydrogens is 334 g/mol. The SMILES string of the molecule is Oc1cccc2ccc(C=Cc3ccc(OCc4ccccc4)cc3)nc12. The van der Waals surface area contributed by atoms with E-state index in [0.717, 1.165) is 28.0 Å². The second-order valence-electron chi connectivity index (χ2n) is 6.26. The molecule has 0 unspecified atom stereocenters. The van der Waals surface area contributed by atoms with E-state index in [2.05, 4.69) is 4.98 Å². The fraction of sp³-hybridized carbons (Fsp3) is 0.0417. The molecule has 0 aliphatic rings. The number of hydrogen-bond donors (Lipinski definition) is 1. The number of para-hydroxylation sites is 1. The average molecular weight is 353 g/mol. The van der Waals surface area contributed by atoms with Crippen molar-refractivity contribution in [3.05, 3.63) is 102 Å². The monoisotopic (exact) mass is 353 g/mol. The van der Waals surface area contributed by atoms with E-state index in [9.17, 15) is 5.11 Å². The summed E-state index contributed by atoms with van der Waals surface area (Å²) in [5.41, 5.74) is 3.62. The van der Waals surface area contributed by atoms with Gasteiger partial charge in [-0.05, 0) is 41.5 Å². The standard InChI is InChI=1S/C24H19NO2/c26-23-8-4-7-20-12-14-21(25-24(20)23)13-9-18-10-15-22(16-11-18)27-17-19-5-2-1-3-6-19/h1-16,26H,17H2. The smallest absolute Gasteiger partial charge is 0.141 e. The van der Waals surface area contributed by atoms with Gasteiger partial charge in [-0.1, -0.05) is 66.7 Å². The number of pyridine rings is 1. The minimum absolute atomic E-state index is 0.197. The van der Waals surface area contributed by atoms with Gasteiger partial charge in [-0.15, -0.1) is 0 Å². The number of hydrogen-bond acceptors (Lipinski definition) is 3. The lowest BCUT2D eigenvalue weighted by molar-refractivity contribution is 0.306. The van der Waals surface area contributed by atoms with Crippen LogP contribution in [0.1, 0.15) is 16.8 Å². The molecule has 0 bridgehead atoms. The molecule has 1 aromatic heterocycles. The van der Waals surface area contributed by atoms with Crippen LogP contribution in [0.4, 0.5) is 0 Å². The maximum atomic E-state index is 9.94. The summed E-state index contributed by atoms with van der Waals surface area (Å²) in [5, 5.41) is 10.9. The Bertz CT molecular complexity index is 1070. The van der Waals surface area contributed by atoms with E-state index >= 15 is 0 Å². The third-order valence-electron chi connectivity index (χ3n) is 4.30. The number of ether oxygens (including phenoxy) is 1. The molecule has 1 N–H and O–H groups in total.